The van der Waals surface area contributed by atoms with Crippen LogP contribution in [0.15, 0.2) is 41.5 Å². The largest absolute Gasteiger partial charge is 0.544 e. The van der Waals surface area contributed by atoms with Gasteiger partial charge in [-0.1, -0.05) is 0 Å². The van der Waals surface area contributed by atoms with Crippen LogP contribution in [0.4, 0.5) is 10.1 Å². The fourth-order valence-corrected chi connectivity index (χ4v) is 2.47. The zero-order chi connectivity index (χ0) is 16.1. The summed E-state index contributed by atoms with van der Waals surface area (Å²) in [7, 11) is 0. The molecule has 114 valence electrons. The quantitative estimate of drug-likeness (QED) is 0.507. The first-order valence-electron chi connectivity index (χ1n) is 6.14. The molecule has 1 aromatic heterocycles. The molecule has 1 heterocycles. The van der Waals surface area contributed by atoms with Crippen LogP contribution in [0.1, 0.15) is 21.5 Å². The van der Waals surface area contributed by atoms with Crippen molar-refractivity contribution in [1.82, 2.24) is 5.43 Å². The molecule has 0 fully saturated rings. The van der Waals surface area contributed by atoms with Crippen LogP contribution in [0.5, 0.6) is 0 Å². The maximum Gasteiger partial charge on any atom is 0.191 e. The number of benzene rings is 1. The number of carboxylic acids is 1. The van der Waals surface area contributed by atoms with Crippen LogP contribution in [0.2, 0.25) is 0 Å². The van der Waals surface area contributed by atoms with Crippen molar-refractivity contribution in [1.29, 1.82) is 0 Å². The van der Waals surface area contributed by atoms with Gasteiger partial charge >= 0.3 is 0 Å². The molecule has 0 aliphatic heterocycles. The third-order valence-electron chi connectivity index (χ3n) is 2.59. The molecule has 0 radical (unpaired) electrons. The molecule has 8 heteroatoms. The molecular weight excluding hydrogens is 325 g/mol. The fraction of sp³-hybridized carbons (Fsp3) is 0.0714. The number of nitrogens with one attached hydrogen (secondary N) is 2. The van der Waals surface area contributed by atoms with Gasteiger partial charge in [0, 0.05) is 5.69 Å². The highest BCUT2D eigenvalue weighted by molar-refractivity contribution is 7.80. The molecule has 2 rings (SSSR count). The zero-order valence-corrected chi connectivity index (χ0v) is 13.1. The third-order valence-corrected chi connectivity index (χ3v) is 3.96. The van der Waals surface area contributed by atoms with E-state index in [9.17, 15) is 14.3 Å². The highest BCUT2D eigenvalue weighted by Gasteiger charge is 2.04. The summed E-state index contributed by atoms with van der Waals surface area (Å²) < 4.78 is 12.8. The van der Waals surface area contributed by atoms with Gasteiger partial charge < -0.3 is 15.2 Å². The van der Waals surface area contributed by atoms with Gasteiger partial charge in [-0.15, -0.1) is 11.3 Å². The molecule has 0 saturated heterocycles. The van der Waals surface area contributed by atoms with Gasteiger partial charge in [-0.3, -0.25) is 5.43 Å². The van der Waals surface area contributed by atoms with Gasteiger partial charge in [0.2, 0.25) is 0 Å². The Balaban J connectivity index is 1.96. The van der Waals surface area contributed by atoms with E-state index in [0.717, 1.165) is 11.3 Å². The lowest BCUT2D eigenvalue weighted by atomic mass is 10.3. The third kappa shape index (κ3) is 4.34. The molecule has 0 atom stereocenters. The number of anilines is 1. The van der Waals surface area contributed by atoms with Crippen molar-refractivity contribution in [3.63, 3.8) is 0 Å². The molecule has 1 aromatic carbocycles. The van der Waals surface area contributed by atoms with Crippen molar-refractivity contribution in [2.75, 3.05) is 5.32 Å². The maximum absolute atomic E-state index is 12.8. The lowest BCUT2D eigenvalue weighted by Gasteiger charge is -2.07. The number of halogens is 1. The molecule has 0 unspecified atom stereocenters. The van der Waals surface area contributed by atoms with E-state index in [1.165, 1.54) is 18.2 Å². The molecule has 5 nitrogen and oxygen atoms in total. The molecule has 0 bridgehead atoms. The van der Waals surface area contributed by atoms with Crippen molar-refractivity contribution in [2.24, 2.45) is 5.10 Å². The topological polar surface area (TPSA) is 76.5 Å². The summed E-state index contributed by atoms with van der Waals surface area (Å²) in [6, 6.07) is 8.83. The molecule has 0 saturated carbocycles. The summed E-state index contributed by atoms with van der Waals surface area (Å²) in [5, 5.41) is 17.9. The normalized spacial score (nSPS) is 11.1. The number of carboxylic acid groups (broad SMARTS) is 1. The zero-order valence-electron chi connectivity index (χ0n) is 11.4. The molecule has 0 aliphatic rings. The first-order chi connectivity index (χ1) is 10.5. The van der Waals surface area contributed by atoms with Crippen LogP contribution in [0.3, 0.4) is 0 Å². The van der Waals surface area contributed by atoms with Crippen LogP contribution in [-0.4, -0.2) is 16.8 Å². The first kappa shape index (κ1) is 16.1. The molecule has 0 aliphatic carbocycles. The summed E-state index contributed by atoms with van der Waals surface area (Å²) in [6.45, 7) is 1.72. The van der Waals surface area contributed by atoms with E-state index in [2.05, 4.69) is 15.8 Å². The summed E-state index contributed by atoms with van der Waals surface area (Å²) in [4.78, 5) is 11.5. The second-order valence-electron chi connectivity index (χ2n) is 4.22. The van der Waals surface area contributed by atoms with Crippen LogP contribution < -0.4 is 15.8 Å². The maximum atomic E-state index is 12.8. The van der Waals surface area contributed by atoms with Crippen molar-refractivity contribution < 1.29 is 14.3 Å². The number of thiophene rings is 1. The summed E-state index contributed by atoms with van der Waals surface area (Å²) in [5.74, 6) is -1.55. The number of carbonyl (C=O) groups excluding carboxylic acids is 1. The minimum absolute atomic E-state index is 0.136. The van der Waals surface area contributed by atoms with Gasteiger partial charge in [-0.25, -0.2) is 4.39 Å². The van der Waals surface area contributed by atoms with Gasteiger partial charge in [0.15, 0.2) is 5.11 Å². The number of hydrogen-bond donors (Lipinski definition) is 2. The number of rotatable bonds is 4. The highest BCUT2D eigenvalue weighted by atomic mass is 32.1. The van der Waals surface area contributed by atoms with E-state index in [1.807, 2.05) is 0 Å². The summed E-state index contributed by atoms with van der Waals surface area (Å²) in [5.41, 5.74) is 3.85. The standard InChI is InChI=1S/C14H12FN3O2S2/c1-8(11-6-7-12(22-11)13(19)20)17-18-14(21)16-10-4-2-9(15)3-5-10/h2-7H,1H3,(H,19,20)(H2,16,18,21)/p-1/b17-8-. The molecule has 2 aromatic rings. The Morgan fingerprint density at radius 2 is 1.86 bits per heavy atom. The van der Waals surface area contributed by atoms with E-state index in [1.54, 1.807) is 25.1 Å². The Bertz CT molecular complexity index is 726. The van der Waals surface area contributed by atoms with Crippen molar-refractivity contribution in [3.05, 3.63) is 52.0 Å². The van der Waals surface area contributed by atoms with Crippen LogP contribution >= 0.6 is 23.6 Å². The molecule has 0 amide bonds. The van der Waals surface area contributed by atoms with Crippen LogP contribution in [0.25, 0.3) is 0 Å². The second-order valence-corrected chi connectivity index (χ2v) is 5.71. The van der Waals surface area contributed by atoms with E-state index in [-0.39, 0.29) is 15.8 Å². The molecular formula is C14H11FN3O2S2-. The van der Waals surface area contributed by atoms with E-state index in [4.69, 9.17) is 12.2 Å². The number of thiocarbonyl (C=S) groups is 1. The Morgan fingerprint density at radius 1 is 1.23 bits per heavy atom. The fourth-order valence-electron chi connectivity index (χ4n) is 1.52. The van der Waals surface area contributed by atoms with E-state index in [0.29, 0.717) is 16.3 Å². The molecule has 0 spiro atoms. The number of hydrogen-bond acceptors (Lipinski definition) is 5. The Kier molecular flexibility index (Phi) is 5.18. The minimum atomic E-state index is -1.22. The van der Waals surface area contributed by atoms with Crippen molar-refractivity contribution >= 4 is 46.0 Å². The Hall–Kier alpha value is -2.32. The second kappa shape index (κ2) is 7.10. The van der Waals surface area contributed by atoms with Gasteiger partial charge in [-0.05, 0) is 55.5 Å². The summed E-state index contributed by atoms with van der Waals surface area (Å²) >= 11 is 6.13. The van der Waals surface area contributed by atoms with Gasteiger partial charge in [-0.2, -0.15) is 5.10 Å². The van der Waals surface area contributed by atoms with Crippen molar-refractivity contribution in [3.8, 4) is 0 Å². The minimum Gasteiger partial charge on any atom is -0.544 e. The SMILES string of the molecule is C/C(=N/NC(=S)Nc1ccc(F)cc1)c1ccc(C(=O)[O-])s1. The lowest BCUT2D eigenvalue weighted by molar-refractivity contribution is -0.254. The number of aromatic carboxylic acids is 1. The lowest BCUT2D eigenvalue weighted by Crippen LogP contribution is -2.24. The Morgan fingerprint density at radius 3 is 2.45 bits per heavy atom. The summed E-state index contributed by atoms with van der Waals surface area (Å²) in [6.07, 6.45) is 0. The van der Waals surface area contributed by atoms with Gasteiger partial charge in [0.1, 0.15) is 5.82 Å². The predicted molar refractivity (Wildman–Crippen MR) is 86.6 cm³/mol. The van der Waals surface area contributed by atoms with E-state index >= 15 is 0 Å². The van der Waals surface area contributed by atoms with Gasteiger partial charge in [0.05, 0.1) is 21.4 Å². The number of carbonyl (C=O) groups is 1. The van der Waals surface area contributed by atoms with E-state index < -0.39 is 5.97 Å². The Labute approximate surface area is 135 Å². The number of nitrogens with zero attached hydrogens (tertiary/aromatic N) is 1. The number of hydrazone groups is 1. The monoisotopic (exact) mass is 336 g/mol. The highest BCUT2D eigenvalue weighted by Crippen LogP contribution is 2.16. The smallest absolute Gasteiger partial charge is 0.191 e. The van der Waals surface area contributed by atoms with Crippen molar-refractivity contribution in [2.45, 2.75) is 6.92 Å². The average molecular weight is 336 g/mol. The van der Waals surface area contributed by atoms with Crippen LogP contribution in [0, 0.1) is 5.82 Å². The predicted octanol–water partition coefficient (Wildman–Crippen LogP) is 1.96. The van der Waals surface area contributed by atoms with Gasteiger partial charge in [0.25, 0.3) is 0 Å². The average Bonchev–Trinajstić information content (AvgIpc) is 2.97. The first-order valence-corrected chi connectivity index (χ1v) is 7.36. The molecule has 22 heavy (non-hydrogen) atoms. The van der Waals surface area contributed by atoms with Crippen LogP contribution in [-0.2, 0) is 0 Å². The molecule has 2 N–H and O–H groups in total.